The van der Waals surface area contributed by atoms with E-state index in [1.54, 1.807) is 6.07 Å². The van der Waals surface area contributed by atoms with Crippen LogP contribution in [0.1, 0.15) is 47.4 Å². The fourth-order valence-corrected chi connectivity index (χ4v) is 6.17. The lowest BCUT2D eigenvalue weighted by Gasteiger charge is -2.29. The highest BCUT2D eigenvalue weighted by atomic mass is 32.2. The monoisotopic (exact) mass is 667 g/mol. The largest absolute Gasteiger partial charge is 0.324 e. The van der Waals surface area contributed by atoms with E-state index in [9.17, 15) is 35.5 Å². The van der Waals surface area contributed by atoms with Crippen LogP contribution in [0.25, 0.3) is 0 Å². The van der Waals surface area contributed by atoms with E-state index >= 15 is 0 Å². The highest BCUT2D eigenvalue weighted by Gasteiger charge is 2.53. The van der Waals surface area contributed by atoms with Gasteiger partial charge < -0.3 is 21.7 Å². The maximum atomic E-state index is 13.4. The van der Waals surface area contributed by atoms with Crippen molar-refractivity contribution in [1.29, 1.82) is 0 Å². The molecule has 0 spiro atoms. The van der Waals surface area contributed by atoms with E-state index in [0.717, 1.165) is 0 Å². The number of benzene rings is 3. The van der Waals surface area contributed by atoms with Gasteiger partial charge in [0.25, 0.3) is 20.2 Å². The minimum absolute atomic E-state index is 0.0140. The molecule has 0 radical (unpaired) electrons. The number of anilines is 6. The number of carbonyl (C=O) groups excluding carboxylic acids is 2. The first-order chi connectivity index (χ1) is 21.6. The summed E-state index contributed by atoms with van der Waals surface area (Å²) in [6.45, 7) is 3.76. The van der Waals surface area contributed by atoms with Gasteiger partial charge in [-0.05, 0) is 72.6 Å². The first-order valence-corrected chi connectivity index (χ1v) is 16.8. The zero-order valence-corrected chi connectivity index (χ0v) is 26.1. The summed E-state index contributed by atoms with van der Waals surface area (Å²) in [5, 5.41) is 8.81. The number of aromatic nitrogens is 3. The van der Waals surface area contributed by atoms with Gasteiger partial charge in [0.2, 0.25) is 17.8 Å². The molecule has 5 rings (SSSR count). The second-order valence-corrected chi connectivity index (χ2v) is 13.3. The van der Waals surface area contributed by atoms with Crippen molar-refractivity contribution >= 4 is 66.7 Å². The quantitative estimate of drug-likeness (QED) is 0.0973. The molecule has 1 aromatic heterocycles. The lowest BCUT2D eigenvalue weighted by atomic mass is 9.77. The van der Waals surface area contributed by atoms with Crippen LogP contribution in [0.2, 0.25) is 0 Å². The number of nitrogens with zero attached hydrogens (tertiary/aromatic N) is 3. The van der Waals surface area contributed by atoms with Crippen LogP contribution >= 0.6 is 0 Å². The molecule has 0 aliphatic heterocycles. The number of fused-ring (bicyclic) bond motifs is 1. The Hall–Kier alpha value is -4.81. The lowest BCUT2D eigenvalue weighted by Crippen LogP contribution is -2.56. The average molecular weight is 668 g/mol. The lowest BCUT2D eigenvalue weighted by molar-refractivity contribution is 0.0723. The van der Waals surface area contributed by atoms with Crippen molar-refractivity contribution in [3.8, 4) is 0 Å². The first kappa shape index (κ1) is 32.6. The molecule has 0 bridgehead atoms. The van der Waals surface area contributed by atoms with Gasteiger partial charge in [-0.15, -0.1) is 0 Å². The molecule has 1 aliphatic carbocycles. The molecule has 1 atom stereocenters. The molecule has 0 fully saturated rings. The van der Waals surface area contributed by atoms with E-state index in [-0.39, 0.29) is 44.7 Å². The molecule has 15 nitrogen and oxygen atoms in total. The summed E-state index contributed by atoms with van der Waals surface area (Å²) in [5.41, 5.74) is 6.29. The number of hydrogen-bond donors (Lipinski definition) is 6. The van der Waals surface area contributed by atoms with Crippen LogP contribution in [-0.2, 0) is 20.2 Å². The molecule has 4 aromatic rings. The van der Waals surface area contributed by atoms with Gasteiger partial charge in [-0.1, -0.05) is 26.7 Å². The van der Waals surface area contributed by atoms with Crippen LogP contribution in [0.4, 0.5) is 34.9 Å². The maximum absolute atomic E-state index is 13.4. The number of carbonyl (C=O) groups is 2. The van der Waals surface area contributed by atoms with E-state index < -0.39 is 37.3 Å². The molecule has 7 N–H and O–H groups in total. The molecule has 0 saturated heterocycles. The molecule has 46 heavy (non-hydrogen) atoms. The van der Waals surface area contributed by atoms with Gasteiger partial charge in [-0.25, -0.2) is 0 Å². The van der Waals surface area contributed by atoms with Gasteiger partial charge in [0, 0.05) is 28.2 Å². The Kier molecular flexibility index (Phi) is 8.63. The second-order valence-electron chi connectivity index (χ2n) is 10.5. The number of Topliss-reactive ketones (excluding diaryl/α,β-unsaturated/α-hetero) is 2. The predicted octanol–water partition coefficient (Wildman–Crippen LogP) is 4.11. The Labute approximate surface area is 264 Å². The first-order valence-electron chi connectivity index (χ1n) is 13.9. The third kappa shape index (κ3) is 6.44. The topological polar surface area (TPSA) is 244 Å². The van der Waals surface area contributed by atoms with Crippen molar-refractivity contribution in [1.82, 2.24) is 15.0 Å². The van der Waals surface area contributed by atoms with Crippen molar-refractivity contribution in [2.45, 2.75) is 42.0 Å². The zero-order valence-electron chi connectivity index (χ0n) is 24.4. The molecule has 1 heterocycles. The summed E-state index contributed by atoms with van der Waals surface area (Å²) < 4.78 is 64.2. The van der Waals surface area contributed by atoms with Crippen LogP contribution in [0.5, 0.6) is 0 Å². The molecule has 1 unspecified atom stereocenters. The van der Waals surface area contributed by atoms with E-state index in [1.807, 2.05) is 13.8 Å². The molecular formula is C29H29N7O8S2. The van der Waals surface area contributed by atoms with Crippen LogP contribution in [0.3, 0.4) is 0 Å². The highest BCUT2D eigenvalue weighted by Crippen LogP contribution is 2.38. The molecule has 17 heteroatoms. The summed E-state index contributed by atoms with van der Waals surface area (Å²) in [6.07, 6.45) is 1.11. The second kappa shape index (κ2) is 12.2. The van der Waals surface area contributed by atoms with Gasteiger partial charge in [0.1, 0.15) is 5.54 Å². The highest BCUT2D eigenvalue weighted by molar-refractivity contribution is 7.86. The Morgan fingerprint density at radius 3 is 1.41 bits per heavy atom. The SMILES string of the molecule is CCC(CC)C1(N)C(=O)c2ccc(Nc3nc(Nc4ccc(S(=O)(=O)O)cc4)nc(Nc4ccc(S(=O)(=O)O)cc4)n3)cc2C1=O. The maximum Gasteiger partial charge on any atom is 0.294 e. The normalized spacial score (nSPS) is 16.4. The van der Waals surface area contributed by atoms with E-state index in [0.29, 0.717) is 29.9 Å². The average Bonchev–Trinajstić information content (AvgIpc) is 3.18. The van der Waals surface area contributed by atoms with Gasteiger partial charge in [-0.3, -0.25) is 18.7 Å². The van der Waals surface area contributed by atoms with Gasteiger partial charge in [0.05, 0.1) is 9.79 Å². The summed E-state index contributed by atoms with van der Waals surface area (Å²) in [6, 6.07) is 14.8. The van der Waals surface area contributed by atoms with E-state index in [1.165, 1.54) is 60.7 Å². The minimum Gasteiger partial charge on any atom is -0.324 e. The number of ketones is 2. The molecule has 0 amide bonds. The minimum atomic E-state index is -4.41. The Bertz CT molecular complexity index is 1960. The summed E-state index contributed by atoms with van der Waals surface area (Å²) in [4.78, 5) is 39.1. The molecule has 0 saturated carbocycles. The van der Waals surface area contributed by atoms with Crippen molar-refractivity contribution in [3.63, 3.8) is 0 Å². The van der Waals surface area contributed by atoms with Gasteiger partial charge >= 0.3 is 0 Å². The third-order valence-corrected chi connectivity index (χ3v) is 9.33. The van der Waals surface area contributed by atoms with E-state index in [4.69, 9.17) is 5.73 Å². The predicted molar refractivity (Wildman–Crippen MR) is 168 cm³/mol. The fraction of sp³-hybridized carbons (Fsp3) is 0.207. The van der Waals surface area contributed by atoms with Crippen LogP contribution in [0.15, 0.2) is 76.5 Å². The Morgan fingerprint density at radius 2 is 1.02 bits per heavy atom. The fourth-order valence-electron chi connectivity index (χ4n) is 5.21. The van der Waals surface area contributed by atoms with Gasteiger partial charge in [0.15, 0.2) is 11.6 Å². The van der Waals surface area contributed by atoms with Crippen LogP contribution in [0, 0.1) is 5.92 Å². The third-order valence-electron chi connectivity index (χ3n) is 7.60. The molecular weight excluding hydrogens is 638 g/mol. The zero-order chi connectivity index (χ0) is 33.4. The Balaban J connectivity index is 1.48. The van der Waals surface area contributed by atoms with Crippen molar-refractivity contribution in [3.05, 3.63) is 77.9 Å². The molecule has 1 aliphatic rings. The number of rotatable bonds is 11. The number of hydrogen-bond acceptors (Lipinski definition) is 13. The number of nitrogens with one attached hydrogen (secondary N) is 3. The van der Waals surface area contributed by atoms with Crippen molar-refractivity contribution in [2.75, 3.05) is 16.0 Å². The van der Waals surface area contributed by atoms with E-state index in [2.05, 4.69) is 30.9 Å². The van der Waals surface area contributed by atoms with Gasteiger partial charge in [-0.2, -0.15) is 31.8 Å². The summed E-state index contributed by atoms with van der Waals surface area (Å²) in [7, 11) is -8.82. The molecule has 240 valence electrons. The summed E-state index contributed by atoms with van der Waals surface area (Å²) >= 11 is 0. The molecule has 3 aromatic carbocycles. The standard InChI is InChI=1S/C29H29N7O8S2/c1-3-16(4-2)29(30)24(37)22-14-9-19(15-23(22)25(29)38)33-28-35-26(31-17-5-10-20(11-6-17)45(39,40)41)34-27(36-28)32-18-7-12-21(13-8-18)46(42,43)44/h5-16H,3-4,30H2,1-2H3,(H,39,40,41)(H,42,43,44)(H3,31,32,33,34,35,36). The van der Waals surface area contributed by atoms with Crippen LogP contribution in [-0.4, -0.2) is 58.0 Å². The Morgan fingerprint density at radius 1 is 0.652 bits per heavy atom. The smallest absolute Gasteiger partial charge is 0.294 e. The number of nitrogens with two attached hydrogens (primary N) is 1. The van der Waals surface area contributed by atoms with Crippen molar-refractivity contribution in [2.24, 2.45) is 11.7 Å². The van der Waals surface area contributed by atoms with Crippen LogP contribution < -0.4 is 21.7 Å². The summed E-state index contributed by atoms with van der Waals surface area (Å²) in [5.74, 6) is -1.27. The van der Waals surface area contributed by atoms with Crippen molar-refractivity contribution < 1.29 is 35.5 Å².